The SMILES string of the molecule is CCCCCCCCCC[N+](C)(C)CCCCCCCCCC.OCCOc1ccccc1.[Cl-]. The summed E-state index contributed by atoms with van der Waals surface area (Å²) in [6.45, 7) is 7.79. The minimum atomic E-state index is 0. The zero-order valence-corrected chi connectivity index (χ0v) is 24.0. The molecule has 0 aromatic heterocycles. The zero-order chi connectivity index (χ0) is 24.5. The first kappa shape index (κ1) is 35.4. The number of unbranched alkanes of at least 4 members (excludes halogenated alkanes) is 14. The van der Waals surface area contributed by atoms with Crippen LogP contribution in [-0.4, -0.2) is 50.0 Å². The van der Waals surface area contributed by atoms with E-state index in [1.807, 2.05) is 30.3 Å². The number of quaternary nitrogens is 1. The molecular weight excluding hydrogens is 442 g/mol. The molecule has 0 saturated carbocycles. The Labute approximate surface area is 219 Å². The van der Waals surface area contributed by atoms with Gasteiger partial charge in [-0.2, -0.15) is 0 Å². The van der Waals surface area contributed by atoms with Gasteiger partial charge in [-0.15, -0.1) is 0 Å². The number of nitrogens with zero attached hydrogens (tertiary/aromatic N) is 1. The quantitative estimate of drug-likeness (QED) is 0.181. The third-order valence-corrected chi connectivity index (χ3v) is 6.34. The maximum absolute atomic E-state index is 8.40. The fraction of sp³-hybridized carbons (Fsp3) is 0.800. The molecule has 34 heavy (non-hydrogen) atoms. The molecule has 3 nitrogen and oxygen atoms in total. The second-order valence-corrected chi connectivity index (χ2v) is 10.2. The highest BCUT2D eigenvalue weighted by Gasteiger charge is 2.13. The van der Waals surface area contributed by atoms with Crippen molar-refractivity contribution in [3.63, 3.8) is 0 Å². The molecule has 0 amide bonds. The molecule has 0 heterocycles. The van der Waals surface area contributed by atoms with Crippen molar-refractivity contribution < 1.29 is 26.7 Å². The smallest absolute Gasteiger partial charge is 0.119 e. The van der Waals surface area contributed by atoms with E-state index in [2.05, 4.69) is 27.9 Å². The van der Waals surface area contributed by atoms with Crippen molar-refractivity contribution in [1.82, 2.24) is 0 Å². The third kappa shape index (κ3) is 25.8. The molecule has 1 rings (SSSR count). The van der Waals surface area contributed by atoms with Crippen LogP contribution < -0.4 is 17.1 Å². The molecule has 0 atom stereocenters. The van der Waals surface area contributed by atoms with Gasteiger partial charge in [0.05, 0.1) is 33.8 Å². The molecule has 1 aromatic carbocycles. The summed E-state index contributed by atoms with van der Waals surface area (Å²) in [5.74, 6) is 0.802. The number of hydrogen-bond acceptors (Lipinski definition) is 2. The molecule has 1 N–H and O–H groups in total. The van der Waals surface area contributed by atoms with Crippen molar-refractivity contribution in [2.75, 3.05) is 40.4 Å². The van der Waals surface area contributed by atoms with Crippen molar-refractivity contribution >= 4 is 0 Å². The Morgan fingerprint density at radius 2 is 1.00 bits per heavy atom. The van der Waals surface area contributed by atoms with Crippen LogP contribution in [0.5, 0.6) is 5.75 Å². The van der Waals surface area contributed by atoms with E-state index in [0.29, 0.717) is 6.61 Å². The Bertz CT molecular complexity index is 474. The number of ether oxygens (including phenoxy) is 1. The van der Waals surface area contributed by atoms with Crippen LogP contribution in [0.2, 0.25) is 0 Å². The maximum atomic E-state index is 8.40. The van der Waals surface area contributed by atoms with Gasteiger partial charge in [-0.1, -0.05) is 109 Å². The van der Waals surface area contributed by atoms with E-state index in [4.69, 9.17) is 9.84 Å². The van der Waals surface area contributed by atoms with E-state index in [0.717, 1.165) is 5.75 Å². The van der Waals surface area contributed by atoms with Crippen molar-refractivity contribution in [3.8, 4) is 5.75 Å². The standard InChI is InChI=1S/C22H48N.C8H10O2.ClH/c1-5-7-9-11-13-15-17-19-21-23(3,4)22-20-18-16-14-12-10-8-6-2;9-6-7-10-8-4-2-1-3-5-8;/h5-22H2,1-4H3;1-5,9H,6-7H2;1H/q+1;;/p-1. The van der Waals surface area contributed by atoms with E-state index in [1.165, 1.54) is 120 Å². The molecule has 0 saturated heterocycles. The van der Waals surface area contributed by atoms with E-state index >= 15 is 0 Å². The molecule has 4 heteroatoms. The first-order valence-corrected chi connectivity index (χ1v) is 14.2. The molecule has 0 fully saturated rings. The second kappa shape index (κ2) is 26.8. The van der Waals surface area contributed by atoms with Crippen LogP contribution in [0.1, 0.15) is 117 Å². The van der Waals surface area contributed by atoms with Crippen molar-refractivity contribution in [1.29, 1.82) is 0 Å². The molecule has 0 spiro atoms. The van der Waals surface area contributed by atoms with Crippen LogP contribution in [0, 0.1) is 0 Å². The van der Waals surface area contributed by atoms with Gasteiger partial charge in [0.15, 0.2) is 0 Å². The average molecular weight is 500 g/mol. The topological polar surface area (TPSA) is 29.5 Å². The zero-order valence-electron chi connectivity index (χ0n) is 23.2. The van der Waals surface area contributed by atoms with Crippen LogP contribution in [0.4, 0.5) is 0 Å². The first-order chi connectivity index (χ1) is 16.1. The number of para-hydroxylation sites is 1. The first-order valence-electron chi connectivity index (χ1n) is 14.2. The van der Waals surface area contributed by atoms with Crippen LogP contribution in [0.25, 0.3) is 0 Å². The number of aliphatic hydroxyl groups is 1. The highest BCUT2D eigenvalue weighted by Crippen LogP contribution is 2.13. The Balaban J connectivity index is 0. The normalized spacial score (nSPS) is 10.9. The van der Waals surface area contributed by atoms with Crippen LogP contribution in [-0.2, 0) is 0 Å². The highest BCUT2D eigenvalue weighted by molar-refractivity contribution is 5.20. The molecule has 0 unspecified atom stereocenters. The lowest BCUT2D eigenvalue weighted by Crippen LogP contribution is -3.00. The van der Waals surface area contributed by atoms with E-state index in [-0.39, 0.29) is 19.0 Å². The molecule has 0 radical (unpaired) electrons. The van der Waals surface area contributed by atoms with Gasteiger partial charge in [-0.05, 0) is 37.8 Å². The van der Waals surface area contributed by atoms with Crippen molar-refractivity contribution in [3.05, 3.63) is 30.3 Å². The molecule has 0 aliphatic rings. The van der Waals surface area contributed by atoms with E-state index < -0.39 is 0 Å². The Kier molecular flexibility index (Phi) is 27.9. The molecule has 202 valence electrons. The lowest BCUT2D eigenvalue weighted by molar-refractivity contribution is -0.890. The van der Waals surface area contributed by atoms with Gasteiger partial charge in [-0.3, -0.25) is 0 Å². The Hall–Kier alpha value is -0.770. The van der Waals surface area contributed by atoms with Gasteiger partial charge in [0.1, 0.15) is 12.4 Å². The maximum Gasteiger partial charge on any atom is 0.119 e. The summed E-state index contributed by atoms with van der Waals surface area (Å²) in [6, 6.07) is 9.43. The second-order valence-electron chi connectivity index (χ2n) is 10.2. The number of aliphatic hydroxyl groups excluding tert-OH is 1. The van der Waals surface area contributed by atoms with Crippen molar-refractivity contribution in [2.24, 2.45) is 0 Å². The summed E-state index contributed by atoms with van der Waals surface area (Å²) in [7, 11) is 4.87. The Morgan fingerprint density at radius 3 is 1.38 bits per heavy atom. The van der Waals surface area contributed by atoms with Crippen LogP contribution >= 0.6 is 0 Å². The van der Waals surface area contributed by atoms with Gasteiger partial charge in [0, 0.05) is 0 Å². The van der Waals surface area contributed by atoms with Crippen LogP contribution in [0.15, 0.2) is 30.3 Å². The summed E-state index contributed by atoms with van der Waals surface area (Å²) >= 11 is 0. The molecular formula is C30H58ClNO2. The molecule has 0 aliphatic heterocycles. The van der Waals surface area contributed by atoms with Gasteiger partial charge in [-0.25, -0.2) is 0 Å². The minimum absolute atomic E-state index is 0. The number of hydrogen-bond donors (Lipinski definition) is 1. The number of halogens is 1. The van der Waals surface area contributed by atoms with E-state index in [9.17, 15) is 0 Å². The summed E-state index contributed by atoms with van der Waals surface area (Å²) in [4.78, 5) is 0. The number of rotatable bonds is 21. The summed E-state index contributed by atoms with van der Waals surface area (Å²) in [6.07, 6.45) is 23.0. The fourth-order valence-electron chi connectivity index (χ4n) is 4.14. The van der Waals surface area contributed by atoms with Crippen molar-refractivity contribution in [2.45, 2.75) is 117 Å². The molecule has 0 aliphatic carbocycles. The lowest BCUT2D eigenvalue weighted by Gasteiger charge is -2.30. The largest absolute Gasteiger partial charge is 1.00 e. The van der Waals surface area contributed by atoms with Gasteiger partial charge in [0.2, 0.25) is 0 Å². The van der Waals surface area contributed by atoms with E-state index in [1.54, 1.807) is 0 Å². The summed E-state index contributed by atoms with van der Waals surface area (Å²) < 4.78 is 6.35. The molecule has 1 aromatic rings. The monoisotopic (exact) mass is 499 g/mol. The van der Waals surface area contributed by atoms with Gasteiger partial charge < -0.3 is 26.7 Å². The van der Waals surface area contributed by atoms with Gasteiger partial charge >= 0.3 is 0 Å². The summed E-state index contributed by atoms with van der Waals surface area (Å²) in [5, 5.41) is 8.40. The number of benzene rings is 1. The average Bonchev–Trinajstić information content (AvgIpc) is 2.82. The predicted octanol–water partition coefficient (Wildman–Crippen LogP) is 5.41. The van der Waals surface area contributed by atoms with Crippen LogP contribution in [0.3, 0.4) is 0 Å². The predicted molar refractivity (Wildman–Crippen MR) is 146 cm³/mol. The van der Waals surface area contributed by atoms with Gasteiger partial charge in [0.25, 0.3) is 0 Å². The molecule has 0 bridgehead atoms. The third-order valence-electron chi connectivity index (χ3n) is 6.34. The fourth-order valence-corrected chi connectivity index (χ4v) is 4.14. The highest BCUT2D eigenvalue weighted by atomic mass is 35.5. The minimum Gasteiger partial charge on any atom is -1.00 e. The summed E-state index contributed by atoms with van der Waals surface area (Å²) in [5.41, 5.74) is 0. The lowest BCUT2D eigenvalue weighted by atomic mass is 10.1. The Morgan fingerprint density at radius 1 is 0.618 bits per heavy atom.